The van der Waals surface area contributed by atoms with E-state index in [1.165, 1.54) is 16.0 Å². The zero-order chi connectivity index (χ0) is 12.3. The van der Waals surface area contributed by atoms with Gasteiger partial charge in [0.05, 0.1) is 10.2 Å². The van der Waals surface area contributed by atoms with Crippen LogP contribution < -0.4 is 5.32 Å². The van der Waals surface area contributed by atoms with Gasteiger partial charge in [0, 0.05) is 6.54 Å². The Morgan fingerprint density at radius 3 is 3.06 bits per heavy atom. The third-order valence-electron chi connectivity index (χ3n) is 2.60. The molecule has 2 nitrogen and oxygen atoms in total. The first kappa shape index (κ1) is 12.7. The normalized spacial score (nSPS) is 12.9. The van der Waals surface area contributed by atoms with Gasteiger partial charge in [0.1, 0.15) is 0 Å². The molecule has 17 heavy (non-hydrogen) atoms. The first-order valence-corrected chi connectivity index (χ1v) is 8.00. The van der Waals surface area contributed by atoms with Gasteiger partial charge in [-0.3, -0.25) is 0 Å². The van der Waals surface area contributed by atoms with Crippen LogP contribution in [0.1, 0.15) is 12.5 Å². The van der Waals surface area contributed by atoms with Gasteiger partial charge in [-0.15, -0.1) is 0 Å². The molecule has 1 unspecified atom stereocenters. The summed E-state index contributed by atoms with van der Waals surface area (Å²) in [6.07, 6.45) is 2.15. The predicted octanol–water partition coefficient (Wildman–Crippen LogP) is 4.02. The second-order valence-corrected chi connectivity index (χ2v) is 6.37. The second kappa shape index (κ2) is 5.74. The van der Waals surface area contributed by atoms with Gasteiger partial charge in [0.2, 0.25) is 0 Å². The average molecular weight is 266 g/mol. The minimum atomic E-state index is 0.679. The van der Waals surface area contributed by atoms with Crippen molar-refractivity contribution in [2.24, 2.45) is 5.92 Å². The molecule has 2 rings (SSSR count). The molecule has 1 atom stereocenters. The lowest BCUT2D eigenvalue weighted by Crippen LogP contribution is -2.12. The molecule has 0 aliphatic heterocycles. The molecule has 1 aromatic heterocycles. The Morgan fingerprint density at radius 1 is 1.47 bits per heavy atom. The van der Waals surface area contributed by atoms with Crippen LogP contribution in [0, 0.1) is 12.8 Å². The number of aryl methyl sites for hydroxylation is 1. The van der Waals surface area contributed by atoms with Gasteiger partial charge >= 0.3 is 0 Å². The summed E-state index contributed by atoms with van der Waals surface area (Å²) in [6, 6.07) is 6.43. The Bertz CT molecular complexity index is 493. The predicted molar refractivity (Wildman–Crippen MR) is 80.4 cm³/mol. The summed E-state index contributed by atoms with van der Waals surface area (Å²) in [7, 11) is 0. The van der Waals surface area contributed by atoms with E-state index in [9.17, 15) is 0 Å². The molecule has 2 aromatic rings. The summed E-state index contributed by atoms with van der Waals surface area (Å²) in [5.74, 6) is 1.87. The zero-order valence-corrected chi connectivity index (χ0v) is 12.1. The van der Waals surface area contributed by atoms with Gasteiger partial charge in [-0.1, -0.05) is 24.3 Å². The molecule has 0 radical (unpaired) electrons. The smallest absolute Gasteiger partial charge is 0.183 e. The minimum absolute atomic E-state index is 0.679. The van der Waals surface area contributed by atoms with E-state index in [2.05, 4.69) is 48.6 Å². The minimum Gasteiger partial charge on any atom is -0.361 e. The Kier molecular flexibility index (Phi) is 4.29. The molecule has 0 aliphatic carbocycles. The molecule has 0 fully saturated rings. The van der Waals surface area contributed by atoms with Crippen molar-refractivity contribution < 1.29 is 0 Å². The van der Waals surface area contributed by atoms with Crippen molar-refractivity contribution in [1.82, 2.24) is 4.98 Å². The van der Waals surface area contributed by atoms with Crippen molar-refractivity contribution in [2.75, 3.05) is 23.9 Å². The SMILES string of the molecule is CSCC(C)CNc1nc2cc(C)ccc2s1. The Morgan fingerprint density at radius 2 is 2.29 bits per heavy atom. The number of rotatable bonds is 5. The van der Waals surface area contributed by atoms with E-state index < -0.39 is 0 Å². The molecular weight excluding hydrogens is 248 g/mol. The summed E-state index contributed by atoms with van der Waals surface area (Å²) in [6.45, 7) is 5.37. The number of anilines is 1. The number of nitrogens with zero attached hydrogens (tertiary/aromatic N) is 1. The standard InChI is InChI=1S/C13H18N2S2/c1-9-4-5-12-11(6-9)15-13(17-12)14-7-10(2)8-16-3/h4-6,10H,7-8H2,1-3H3,(H,14,15). The molecule has 0 bridgehead atoms. The largest absolute Gasteiger partial charge is 0.361 e. The number of hydrogen-bond acceptors (Lipinski definition) is 4. The van der Waals surface area contributed by atoms with Crippen molar-refractivity contribution >= 4 is 38.4 Å². The molecule has 0 aliphatic rings. The average Bonchev–Trinajstić information content (AvgIpc) is 2.68. The molecular formula is C13H18N2S2. The van der Waals surface area contributed by atoms with Gasteiger partial charge in [-0.25, -0.2) is 4.98 Å². The maximum atomic E-state index is 4.61. The third-order valence-corrected chi connectivity index (χ3v) is 4.49. The number of thioether (sulfide) groups is 1. The monoisotopic (exact) mass is 266 g/mol. The van der Waals surface area contributed by atoms with Crippen LogP contribution in [0.3, 0.4) is 0 Å². The van der Waals surface area contributed by atoms with Crippen molar-refractivity contribution in [2.45, 2.75) is 13.8 Å². The summed E-state index contributed by atoms with van der Waals surface area (Å²) < 4.78 is 1.26. The van der Waals surface area contributed by atoms with Gasteiger partial charge < -0.3 is 5.32 Å². The van der Waals surface area contributed by atoms with Crippen LogP contribution in [0.5, 0.6) is 0 Å². The fraction of sp³-hybridized carbons (Fsp3) is 0.462. The lowest BCUT2D eigenvalue weighted by Gasteiger charge is -2.09. The molecule has 1 N–H and O–H groups in total. The van der Waals surface area contributed by atoms with Crippen molar-refractivity contribution in [1.29, 1.82) is 0 Å². The molecule has 0 amide bonds. The second-order valence-electron chi connectivity index (χ2n) is 4.43. The highest BCUT2D eigenvalue weighted by Gasteiger charge is 2.05. The van der Waals surface area contributed by atoms with Gasteiger partial charge in [-0.2, -0.15) is 11.8 Å². The number of hydrogen-bond donors (Lipinski definition) is 1. The molecule has 1 aromatic carbocycles. The van der Waals surface area contributed by atoms with Gasteiger partial charge in [0.25, 0.3) is 0 Å². The number of benzene rings is 1. The van der Waals surface area contributed by atoms with Crippen molar-refractivity contribution in [3.05, 3.63) is 23.8 Å². The fourth-order valence-corrected chi connectivity index (χ4v) is 3.26. The molecule has 0 saturated heterocycles. The highest BCUT2D eigenvalue weighted by atomic mass is 32.2. The highest BCUT2D eigenvalue weighted by molar-refractivity contribution is 7.98. The lowest BCUT2D eigenvalue weighted by atomic mass is 10.2. The maximum absolute atomic E-state index is 4.61. The summed E-state index contributed by atoms with van der Waals surface area (Å²) in [5, 5.41) is 4.47. The van der Waals surface area contributed by atoms with Crippen LogP contribution in [0.25, 0.3) is 10.2 Å². The van der Waals surface area contributed by atoms with Gasteiger partial charge in [0.15, 0.2) is 5.13 Å². The van der Waals surface area contributed by atoms with E-state index in [1.54, 1.807) is 11.3 Å². The molecule has 0 saturated carbocycles. The summed E-state index contributed by atoms with van der Waals surface area (Å²) in [4.78, 5) is 4.61. The van der Waals surface area contributed by atoms with E-state index in [0.29, 0.717) is 5.92 Å². The van der Waals surface area contributed by atoms with E-state index in [0.717, 1.165) is 17.2 Å². The molecule has 4 heteroatoms. The first-order valence-electron chi connectivity index (χ1n) is 5.79. The van der Waals surface area contributed by atoms with Crippen LogP contribution in [0.2, 0.25) is 0 Å². The maximum Gasteiger partial charge on any atom is 0.183 e. The highest BCUT2D eigenvalue weighted by Crippen LogP contribution is 2.26. The van der Waals surface area contributed by atoms with E-state index >= 15 is 0 Å². The zero-order valence-electron chi connectivity index (χ0n) is 10.5. The Balaban J connectivity index is 2.04. The number of nitrogens with one attached hydrogen (secondary N) is 1. The molecule has 1 heterocycles. The molecule has 92 valence electrons. The summed E-state index contributed by atoms with van der Waals surface area (Å²) >= 11 is 3.63. The van der Waals surface area contributed by atoms with E-state index in [-0.39, 0.29) is 0 Å². The fourth-order valence-electron chi connectivity index (χ4n) is 1.72. The lowest BCUT2D eigenvalue weighted by molar-refractivity contribution is 0.701. The van der Waals surface area contributed by atoms with Gasteiger partial charge in [-0.05, 0) is 42.5 Å². The topological polar surface area (TPSA) is 24.9 Å². The van der Waals surface area contributed by atoms with Crippen LogP contribution >= 0.6 is 23.1 Å². The Hall–Kier alpha value is -0.740. The number of thiazole rings is 1. The van der Waals surface area contributed by atoms with E-state index in [4.69, 9.17) is 0 Å². The quantitative estimate of drug-likeness (QED) is 0.885. The van der Waals surface area contributed by atoms with Crippen LogP contribution in [-0.4, -0.2) is 23.5 Å². The van der Waals surface area contributed by atoms with Crippen LogP contribution in [0.15, 0.2) is 18.2 Å². The number of aromatic nitrogens is 1. The Labute approximate surface area is 111 Å². The summed E-state index contributed by atoms with van der Waals surface area (Å²) in [5.41, 5.74) is 2.38. The van der Waals surface area contributed by atoms with Crippen LogP contribution in [-0.2, 0) is 0 Å². The van der Waals surface area contributed by atoms with E-state index in [1.807, 2.05) is 11.8 Å². The number of fused-ring (bicyclic) bond motifs is 1. The van der Waals surface area contributed by atoms with Crippen molar-refractivity contribution in [3.63, 3.8) is 0 Å². The van der Waals surface area contributed by atoms with Crippen LogP contribution in [0.4, 0.5) is 5.13 Å². The van der Waals surface area contributed by atoms with Crippen molar-refractivity contribution in [3.8, 4) is 0 Å². The molecule has 0 spiro atoms. The first-order chi connectivity index (χ1) is 8.19. The third kappa shape index (κ3) is 3.36.